The second-order valence-electron chi connectivity index (χ2n) is 5.20. The minimum Gasteiger partial charge on any atom is -0.393 e. The van der Waals surface area contributed by atoms with Gasteiger partial charge in [-0.3, -0.25) is 0 Å². The highest BCUT2D eigenvalue weighted by Crippen LogP contribution is 2.36. The van der Waals surface area contributed by atoms with Gasteiger partial charge in [-0.2, -0.15) is 5.10 Å². The third-order valence-electron chi connectivity index (χ3n) is 3.68. The van der Waals surface area contributed by atoms with Crippen molar-refractivity contribution in [3.8, 4) is 5.69 Å². The van der Waals surface area contributed by atoms with Gasteiger partial charge in [0.25, 0.3) is 0 Å². The Morgan fingerprint density at radius 3 is 2.70 bits per heavy atom. The Labute approximate surface area is 118 Å². The zero-order valence-electron chi connectivity index (χ0n) is 11.6. The van der Waals surface area contributed by atoms with Crippen LogP contribution in [0, 0.1) is 0 Å². The molecule has 0 atom stereocenters. The first-order valence-corrected chi connectivity index (χ1v) is 6.96. The number of benzene rings is 1. The van der Waals surface area contributed by atoms with Gasteiger partial charge in [-0.15, -0.1) is 0 Å². The van der Waals surface area contributed by atoms with E-state index in [-0.39, 0.29) is 6.10 Å². The molecule has 3 rings (SSSR count). The summed E-state index contributed by atoms with van der Waals surface area (Å²) in [5, 5.41) is 14.1. The first kappa shape index (κ1) is 13.3. The molecule has 5 heteroatoms. The molecule has 1 aliphatic rings. The second-order valence-corrected chi connectivity index (χ2v) is 5.20. The van der Waals surface area contributed by atoms with Crippen LogP contribution in [0.5, 0.6) is 0 Å². The summed E-state index contributed by atoms with van der Waals surface area (Å²) in [5.41, 5.74) is 1.01. The first-order valence-electron chi connectivity index (χ1n) is 6.96. The summed E-state index contributed by atoms with van der Waals surface area (Å²) < 4.78 is 6.99. The van der Waals surface area contributed by atoms with Crippen LogP contribution in [0.2, 0.25) is 0 Å². The van der Waals surface area contributed by atoms with E-state index in [1.165, 1.54) is 0 Å². The molecule has 1 aromatic heterocycles. The van der Waals surface area contributed by atoms with E-state index in [0.29, 0.717) is 18.9 Å². The largest absolute Gasteiger partial charge is 0.393 e. The highest BCUT2D eigenvalue weighted by atomic mass is 16.5. The number of hydrogen-bond acceptors (Lipinski definition) is 4. The maximum absolute atomic E-state index is 9.51. The van der Waals surface area contributed by atoms with E-state index in [9.17, 15) is 5.11 Å². The minimum atomic E-state index is -0.191. The fourth-order valence-corrected chi connectivity index (χ4v) is 2.49. The molecule has 106 valence electrons. The minimum absolute atomic E-state index is 0.191. The van der Waals surface area contributed by atoms with Crippen LogP contribution in [0.15, 0.2) is 30.3 Å². The van der Waals surface area contributed by atoms with Crippen LogP contribution in [-0.4, -0.2) is 39.7 Å². The lowest BCUT2D eigenvalue weighted by Gasteiger charge is -2.30. The van der Waals surface area contributed by atoms with Gasteiger partial charge >= 0.3 is 0 Å². The maximum atomic E-state index is 9.51. The quantitative estimate of drug-likeness (QED) is 0.900. The van der Waals surface area contributed by atoms with E-state index >= 15 is 0 Å². The van der Waals surface area contributed by atoms with Crippen molar-refractivity contribution >= 4 is 0 Å². The molecule has 0 radical (unpaired) electrons. The van der Waals surface area contributed by atoms with E-state index in [1.54, 1.807) is 7.11 Å². The van der Waals surface area contributed by atoms with Crippen LogP contribution >= 0.6 is 0 Å². The number of hydrogen-bond donors (Lipinski definition) is 1. The molecular formula is C15H19N3O2. The molecule has 5 nitrogen and oxygen atoms in total. The lowest BCUT2D eigenvalue weighted by atomic mass is 9.82. The van der Waals surface area contributed by atoms with Crippen molar-refractivity contribution in [1.82, 2.24) is 14.8 Å². The molecule has 1 aromatic carbocycles. The third-order valence-corrected chi connectivity index (χ3v) is 3.68. The molecule has 0 unspecified atom stereocenters. The normalized spacial score (nSPS) is 21.7. The number of aromatic nitrogens is 3. The molecule has 0 aliphatic heterocycles. The number of para-hydroxylation sites is 1. The molecule has 1 heterocycles. The van der Waals surface area contributed by atoms with Crippen LogP contribution in [0.3, 0.4) is 0 Å². The van der Waals surface area contributed by atoms with Crippen LogP contribution in [0.1, 0.15) is 30.4 Å². The molecule has 1 N–H and O–H groups in total. The summed E-state index contributed by atoms with van der Waals surface area (Å²) in [6.45, 7) is 0.617. The van der Waals surface area contributed by atoms with Crippen molar-refractivity contribution in [1.29, 1.82) is 0 Å². The number of rotatable bonds is 5. The highest BCUT2D eigenvalue weighted by molar-refractivity contribution is 5.32. The van der Waals surface area contributed by atoms with Gasteiger partial charge in [0.05, 0.1) is 18.4 Å². The summed E-state index contributed by atoms with van der Waals surface area (Å²) >= 11 is 0. The predicted octanol–water partition coefficient (Wildman–Crippen LogP) is 1.69. The number of ether oxygens (including phenoxy) is 1. The number of aliphatic hydroxyl groups excluding tert-OH is 1. The van der Waals surface area contributed by atoms with Gasteiger partial charge in [0, 0.05) is 19.4 Å². The van der Waals surface area contributed by atoms with Crippen molar-refractivity contribution in [3.05, 3.63) is 42.0 Å². The Balaban J connectivity index is 1.91. The van der Waals surface area contributed by atoms with Crippen LogP contribution < -0.4 is 0 Å². The Morgan fingerprint density at radius 2 is 2.05 bits per heavy atom. The van der Waals surface area contributed by atoms with E-state index in [2.05, 4.69) is 10.1 Å². The standard InChI is InChI=1S/C15H19N3O2/c1-20-8-7-14-16-15(11-9-13(19)10-11)18(17-14)12-5-3-2-4-6-12/h2-6,11,13,19H,7-10H2,1H3. The number of methoxy groups -OCH3 is 1. The molecule has 0 bridgehead atoms. The highest BCUT2D eigenvalue weighted by Gasteiger charge is 2.33. The summed E-state index contributed by atoms with van der Waals surface area (Å²) in [7, 11) is 1.68. The zero-order chi connectivity index (χ0) is 13.9. The van der Waals surface area contributed by atoms with E-state index in [0.717, 1.165) is 30.2 Å². The van der Waals surface area contributed by atoms with Crippen LogP contribution in [0.25, 0.3) is 5.69 Å². The molecule has 1 saturated carbocycles. The monoisotopic (exact) mass is 273 g/mol. The number of nitrogens with zero attached hydrogens (tertiary/aromatic N) is 3. The average Bonchev–Trinajstić information content (AvgIpc) is 2.86. The molecule has 0 amide bonds. The molecular weight excluding hydrogens is 254 g/mol. The Hall–Kier alpha value is -1.72. The lowest BCUT2D eigenvalue weighted by Crippen LogP contribution is -2.28. The summed E-state index contributed by atoms with van der Waals surface area (Å²) in [4.78, 5) is 4.64. The van der Waals surface area contributed by atoms with Gasteiger partial charge in [-0.05, 0) is 25.0 Å². The molecule has 1 fully saturated rings. The zero-order valence-corrected chi connectivity index (χ0v) is 11.6. The van der Waals surface area contributed by atoms with Crippen molar-refractivity contribution in [3.63, 3.8) is 0 Å². The van der Waals surface area contributed by atoms with Gasteiger partial charge in [0.2, 0.25) is 0 Å². The van der Waals surface area contributed by atoms with Crippen LogP contribution in [-0.2, 0) is 11.2 Å². The molecule has 2 aromatic rings. The third kappa shape index (κ3) is 2.59. The smallest absolute Gasteiger partial charge is 0.153 e. The summed E-state index contributed by atoms with van der Waals surface area (Å²) in [6.07, 6.45) is 2.06. The topological polar surface area (TPSA) is 60.2 Å². The van der Waals surface area contributed by atoms with Gasteiger partial charge in [-0.25, -0.2) is 9.67 Å². The van der Waals surface area contributed by atoms with Crippen LogP contribution in [0.4, 0.5) is 0 Å². The van der Waals surface area contributed by atoms with Gasteiger partial charge in [-0.1, -0.05) is 18.2 Å². The van der Waals surface area contributed by atoms with Gasteiger partial charge in [0.15, 0.2) is 5.82 Å². The first-order chi connectivity index (χ1) is 9.78. The predicted molar refractivity (Wildman–Crippen MR) is 74.9 cm³/mol. The molecule has 0 spiro atoms. The van der Waals surface area contributed by atoms with Gasteiger partial charge < -0.3 is 9.84 Å². The fourth-order valence-electron chi connectivity index (χ4n) is 2.49. The Morgan fingerprint density at radius 1 is 1.30 bits per heavy atom. The maximum Gasteiger partial charge on any atom is 0.153 e. The van der Waals surface area contributed by atoms with Crippen molar-refractivity contribution in [2.75, 3.05) is 13.7 Å². The Kier molecular flexibility index (Phi) is 3.80. The summed E-state index contributed by atoms with van der Waals surface area (Å²) in [5.74, 6) is 2.05. The van der Waals surface area contributed by atoms with E-state index < -0.39 is 0 Å². The molecule has 1 aliphatic carbocycles. The van der Waals surface area contributed by atoms with Crippen molar-refractivity contribution in [2.24, 2.45) is 0 Å². The second kappa shape index (κ2) is 5.73. The van der Waals surface area contributed by atoms with E-state index in [1.807, 2.05) is 35.0 Å². The fraction of sp³-hybridized carbons (Fsp3) is 0.467. The van der Waals surface area contributed by atoms with E-state index in [4.69, 9.17) is 4.74 Å². The Bertz CT molecular complexity index is 562. The average molecular weight is 273 g/mol. The van der Waals surface area contributed by atoms with Crippen molar-refractivity contribution < 1.29 is 9.84 Å². The summed E-state index contributed by atoms with van der Waals surface area (Å²) in [6, 6.07) is 10.0. The molecule has 20 heavy (non-hydrogen) atoms. The number of aliphatic hydroxyl groups is 1. The van der Waals surface area contributed by atoms with Gasteiger partial charge in [0.1, 0.15) is 5.82 Å². The lowest BCUT2D eigenvalue weighted by molar-refractivity contribution is 0.0709. The SMILES string of the molecule is COCCc1nc(C2CC(O)C2)n(-c2ccccc2)n1. The van der Waals surface area contributed by atoms with Crippen molar-refractivity contribution in [2.45, 2.75) is 31.3 Å². The molecule has 0 saturated heterocycles.